The lowest BCUT2D eigenvalue weighted by atomic mass is 10.2. The minimum absolute atomic E-state index is 0.0216. The van der Waals surface area contributed by atoms with E-state index in [1.54, 1.807) is 6.20 Å². The summed E-state index contributed by atoms with van der Waals surface area (Å²) in [5.41, 5.74) is 1.35. The van der Waals surface area contributed by atoms with Gasteiger partial charge in [0.25, 0.3) is 0 Å². The number of carbonyl (C=O) groups excluding carboxylic acids is 1. The zero-order valence-electron chi connectivity index (χ0n) is 14.0. The highest BCUT2D eigenvalue weighted by Crippen LogP contribution is 2.14. The molecule has 1 fully saturated rings. The minimum Gasteiger partial charge on any atom is -0.301 e. The van der Waals surface area contributed by atoms with Crippen molar-refractivity contribution in [3.05, 3.63) is 47.5 Å². The Hall–Kier alpha value is -1.76. The quantitative estimate of drug-likeness (QED) is 0.906. The number of hydrogen-bond acceptors (Lipinski definition) is 5. The lowest BCUT2D eigenvalue weighted by molar-refractivity contribution is -0.117. The normalized spacial score (nSPS) is 19.8. The maximum absolute atomic E-state index is 12.2. The number of thiazole rings is 1. The third-order valence-corrected chi connectivity index (χ3v) is 5.03. The Bertz CT molecular complexity index is 632. The van der Waals surface area contributed by atoms with Gasteiger partial charge in [0.2, 0.25) is 5.91 Å². The molecule has 6 heteroatoms. The van der Waals surface area contributed by atoms with Crippen molar-refractivity contribution in [3.8, 4) is 0 Å². The van der Waals surface area contributed by atoms with Gasteiger partial charge < -0.3 is 5.32 Å². The van der Waals surface area contributed by atoms with Crippen LogP contribution in [-0.2, 0) is 11.3 Å². The summed E-state index contributed by atoms with van der Waals surface area (Å²) in [6.45, 7) is 6.63. The Morgan fingerprint density at radius 2 is 2.17 bits per heavy atom. The molecule has 1 unspecified atom stereocenters. The van der Waals surface area contributed by atoms with E-state index >= 15 is 0 Å². The van der Waals surface area contributed by atoms with Crippen LogP contribution in [0.5, 0.6) is 0 Å². The Morgan fingerprint density at radius 3 is 2.92 bits per heavy atom. The Morgan fingerprint density at radius 1 is 1.33 bits per heavy atom. The zero-order valence-corrected chi connectivity index (χ0v) is 14.8. The maximum Gasteiger partial charge on any atom is 0.240 e. The molecule has 1 aliphatic rings. The summed E-state index contributed by atoms with van der Waals surface area (Å²) in [6, 6.07) is 10.9. The average Bonchev–Trinajstić information content (AvgIpc) is 3.01. The summed E-state index contributed by atoms with van der Waals surface area (Å²) in [6.07, 6.45) is 2.79. The van der Waals surface area contributed by atoms with Gasteiger partial charge in [0, 0.05) is 37.3 Å². The summed E-state index contributed by atoms with van der Waals surface area (Å²) in [5.74, 6) is 0.0216. The molecule has 128 valence electrons. The minimum atomic E-state index is 0.0216. The molecule has 1 N–H and O–H groups in total. The molecule has 1 atom stereocenters. The lowest BCUT2D eigenvalue weighted by Crippen LogP contribution is -2.42. The summed E-state index contributed by atoms with van der Waals surface area (Å²) in [5, 5.41) is 5.42. The standard InChI is InChI=1S/C18H24N4OS/c1-15-12-21(13-16-6-3-2-4-7-16)9-5-10-22(15)14-17(23)20-18-19-8-11-24-18/h2-4,6-8,11,15H,5,9-10,12-14H2,1H3,(H,19,20,23). The van der Waals surface area contributed by atoms with E-state index in [2.05, 4.69) is 57.4 Å². The first kappa shape index (κ1) is 17.1. The topological polar surface area (TPSA) is 48.5 Å². The Kier molecular flexibility index (Phi) is 5.96. The number of anilines is 1. The number of nitrogens with one attached hydrogen (secondary N) is 1. The predicted octanol–water partition coefficient (Wildman–Crippen LogP) is 2.68. The van der Waals surface area contributed by atoms with E-state index in [1.807, 2.05) is 5.38 Å². The van der Waals surface area contributed by atoms with Gasteiger partial charge >= 0.3 is 0 Å². The molecule has 3 rings (SSSR count). The predicted molar refractivity (Wildman–Crippen MR) is 98.1 cm³/mol. The number of hydrogen-bond donors (Lipinski definition) is 1. The molecule has 1 aromatic heterocycles. The summed E-state index contributed by atoms with van der Waals surface area (Å²) < 4.78 is 0. The van der Waals surface area contributed by atoms with Crippen LogP contribution in [0.2, 0.25) is 0 Å². The van der Waals surface area contributed by atoms with E-state index in [0.717, 1.165) is 32.6 Å². The van der Waals surface area contributed by atoms with Crippen LogP contribution in [0.25, 0.3) is 0 Å². The molecule has 1 aromatic carbocycles. The highest BCUT2D eigenvalue weighted by molar-refractivity contribution is 7.13. The molecular weight excluding hydrogens is 320 g/mol. The van der Waals surface area contributed by atoms with Crippen LogP contribution >= 0.6 is 11.3 Å². The Balaban J connectivity index is 1.52. The van der Waals surface area contributed by atoms with Gasteiger partial charge in [-0.1, -0.05) is 30.3 Å². The second kappa shape index (κ2) is 8.37. The molecule has 24 heavy (non-hydrogen) atoms. The number of aromatic nitrogens is 1. The van der Waals surface area contributed by atoms with Crippen LogP contribution in [0, 0.1) is 0 Å². The van der Waals surface area contributed by atoms with Crippen molar-refractivity contribution in [2.75, 3.05) is 31.5 Å². The molecule has 5 nitrogen and oxygen atoms in total. The third kappa shape index (κ3) is 4.87. The van der Waals surface area contributed by atoms with Crippen molar-refractivity contribution in [2.24, 2.45) is 0 Å². The Labute approximate surface area is 147 Å². The van der Waals surface area contributed by atoms with E-state index in [-0.39, 0.29) is 5.91 Å². The van der Waals surface area contributed by atoms with Gasteiger partial charge in [-0.2, -0.15) is 0 Å². The van der Waals surface area contributed by atoms with Gasteiger partial charge in [-0.3, -0.25) is 14.6 Å². The molecule has 0 aliphatic carbocycles. The van der Waals surface area contributed by atoms with E-state index in [1.165, 1.54) is 16.9 Å². The van der Waals surface area contributed by atoms with Gasteiger partial charge in [-0.05, 0) is 25.5 Å². The van der Waals surface area contributed by atoms with E-state index < -0.39 is 0 Å². The van der Waals surface area contributed by atoms with Crippen molar-refractivity contribution < 1.29 is 4.79 Å². The van der Waals surface area contributed by atoms with Crippen molar-refractivity contribution in [2.45, 2.75) is 25.9 Å². The fourth-order valence-corrected chi connectivity index (χ4v) is 3.69. The third-order valence-electron chi connectivity index (χ3n) is 4.34. The van der Waals surface area contributed by atoms with E-state index in [4.69, 9.17) is 0 Å². The SMILES string of the molecule is CC1CN(Cc2ccccc2)CCCN1CC(=O)Nc1nccs1. The van der Waals surface area contributed by atoms with Gasteiger partial charge in [0.1, 0.15) is 0 Å². The molecule has 2 heterocycles. The van der Waals surface area contributed by atoms with Gasteiger partial charge in [-0.15, -0.1) is 11.3 Å². The number of benzene rings is 1. The zero-order chi connectivity index (χ0) is 16.8. The van der Waals surface area contributed by atoms with Crippen LogP contribution in [0.3, 0.4) is 0 Å². The van der Waals surface area contributed by atoms with Crippen molar-refractivity contribution in [1.29, 1.82) is 0 Å². The second-order valence-corrected chi connectivity index (χ2v) is 7.17. The molecule has 0 saturated carbocycles. The largest absolute Gasteiger partial charge is 0.301 e. The maximum atomic E-state index is 12.2. The molecule has 1 saturated heterocycles. The van der Waals surface area contributed by atoms with Gasteiger partial charge in [-0.25, -0.2) is 4.98 Å². The summed E-state index contributed by atoms with van der Waals surface area (Å²) >= 11 is 1.45. The van der Waals surface area contributed by atoms with E-state index in [0.29, 0.717) is 17.7 Å². The molecule has 1 amide bonds. The van der Waals surface area contributed by atoms with Crippen molar-refractivity contribution in [1.82, 2.24) is 14.8 Å². The second-order valence-electron chi connectivity index (χ2n) is 6.28. The first-order valence-electron chi connectivity index (χ1n) is 8.40. The molecule has 2 aromatic rings. The van der Waals surface area contributed by atoms with Crippen LogP contribution < -0.4 is 5.32 Å². The fraction of sp³-hybridized carbons (Fsp3) is 0.444. The van der Waals surface area contributed by atoms with Crippen LogP contribution in [0.1, 0.15) is 18.9 Å². The van der Waals surface area contributed by atoms with Crippen LogP contribution in [-0.4, -0.2) is 52.9 Å². The molecule has 1 aliphatic heterocycles. The fourth-order valence-electron chi connectivity index (χ4n) is 3.15. The van der Waals surface area contributed by atoms with Gasteiger partial charge in [0.05, 0.1) is 6.54 Å². The molecular formula is C18H24N4OS. The lowest BCUT2D eigenvalue weighted by Gasteiger charge is -2.28. The number of amides is 1. The average molecular weight is 344 g/mol. The summed E-state index contributed by atoms with van der Waals surface area (Å²) in [4.78, 5) is 21.1. The first-order chi connectivity index (χ1) is 11.7. The number of rotatable bonds is 5. The number of carbonyl (C=O) groups is 1. The first-order valence-corrected chi connectivity index (χ1v) is 9.28. The summed E-state index contributed by atoms with van der Waals surface area (Å²) in [7, 11) is 0. The molecule has 0 bridgehead atoms. The monoisotopic (exact) mass is 344 g/mol. The van der Waals surface area contributed by atoms with E-state index in [9.17, 15) is 4.79 Å². The molecule has 0 spiro atoms. The smallest absolute Gasteiger partial charge is 0.240 e. The number of nitrogens with zero attached hydrogens (tertiary/aromatic N) is 3. The molecule has 0 radical (unpaired) electrons. The van der Waals surface area contributed by atoms with Crippen molar-refractivity contribution >= 4 is 22.4 Å². The van der Waals surface area contributed by atoms with Gasteiger partial charge in [0.15, 0.2) is 5.13 Å². The highest BCUT2D eigenvalue weighted by Gasteiger charge is 2.23. The van der Waals surface area contributed by atoms with Crippen molar-refractivity contribution in [3.63, 3.8) is 0 Å². The highest BCUT2D eigenvalue weighted by atomic mass is 32.1. The van der Waals surface area contributed by atoms with Crippen LogP contribution in [0.15, 0.2) is 41.9 Å². The van der Waals surface area contributed by atoms with Crippen LogP contribution in [0.4, 0.5) is 5.13 Å².